The van der Waals surface area contributed by atoms with Crippen LogP contribution in [0.3, 0.4) is 0 Å². The molecule has 3 rings (SSSR count). The molecule has 3 aromatic rings. The Bertz CT molecular complexity index is 1010. The largest absolute Gasteiger partial charge is 0.496 e. The highest BCUT2D eigenvalue weighted by Crippen LogP contribution is 2.21. The quantitative estimate of drug-likeness (QED) is 0.406. The van der Waals surface area contributed by atoms with E-state index in [2.05, 4.69) is 48.6 Å². The number of nitrogens with zero attached hydrogens (tertiary/aromatic N) is 3. The zero-order chi connectivity index (χ0) is 17.3. The van der Waals surface area contributed by atoms with Gasteiger partial charge in [-0.05, 0) is 71.5 Å². The van der Waals surface area contributed by atoms with E-state index in [-0.39, 0.29) is 5.56 Å². The van der Waals surface area contributed by atoms with E-state index >= 15 is 0 Å². The van der Waals surface area contributed by atoms with Crippen LogP contribution in [0.25, 0.3) is 10.9 Å². The van der Waals surface area contributed by atoms with Gasteiger partial charge in [0.25, 0.3) is 5.56 Å². The number of aryl methyl sites for hydroxylation is 1. The first-order valence-electron chi connectivity index (χ1n) is 7.06. The van der Waals surface area contributed by atoms with E-state index in [4.69, 9.17) is 4.74 Å². The molecule has 0 bridgehead atoms. The number of rotatable bonds is 3. The lowest BCUT2D eigenvalue weighted by atomic mass is 10.2. The summed E-state index contributed by atoms with van der Waals surface area (Å²) >= 11 is 5.58. The number of hydrogen-bond acceptors (Lipinski definition) is 4. The summed E-state index contributed by atoms with van der Waals surface area (Å²) in [5.41, 5.74) is 1.34. The topological polar surface area (TPSA) is 56.5 Å². The molecule has 5 nitrogen and oxygen atoms in total. The molecule has 0 saturated carbocycles. The summed E-state index contributed by atoms with van der Waals surface area (Å²) in [5, 5.41) is 4.83. The maximum atomic E-state index is 12.7. The molecular formula is C17H13BrIN3O2. The van der Waals surface area contributed by atoms with Gasteiger partial charge in [-0.3, -0.25) is 4.79 Å². The maximum Gasteiger partial charge on any atom is 0.282 e. The van der Waals surface area contributed by atoms with E-state index in [0.717, 1.165) is 19.4 Å². The standard InChI is InChI=1S/C17H13BrIN3O2/c1-10-21-15-5-4-12(18)8-13(15)17(23)22(10)20-9-11-3-6-16(24-2)14(19)7-11/h3-9H,1-2H3. The Morgan fingerprint density at radius 2 is 2.08 bits per heavy atom. The number of halogens is 2. The Balaban J connectivity index is 2.06. The van der Waals surface area contributed by atoms with Crippen LogP contribution in [-0.2, 0) is 0 Å². The van der Waals surface area contributed by atoms with E-state index in [1.165, 1.54) is 4.68 Å². The molecule has 0 radical (unpaired) electrons. The maximum absolute atomic E-state index is 12.7. The van der Waals surface area contributed by atoms with Crippen molar-refractivity contribution in [2.75, 3.05) is 7.11 Å². The number of aromatic nitrogens is 2. The van der Waals surface area contributed by atoms with E-state index in [1.54, 1.807) is 26.3 Å². The van der Waals surface area contributed by atoms with Crippen molar-refractivity contribution in [3.05, 3.63) is 66.2 Å². The second kappa shape index (κ2) is 7.02. The molecule has 0 aliphatic rings. The number of fused-ring (bicyclic) bond motifs is 1. The van der Waals surface area contributed by atoms with Crippen LogP contribution in [-0.4, -0.2) is 23.0 Å². The summed E-state index contributed by atoms with van der Waals surface area (Å²) in [4.78, 5) is 17.1. The van der Waals surface area contributed by atoms with Crippen LogP contribution in [0.15, 0.2) is 50.8 Å². The molecule has 0 saturated heterocycles. The van der Waals surface area contributed by atoms with Gasteiger partial charge in [-0.1, -0.05) is 15.9 Å². The van der Waals surface area contributed by atoms with Crippen LogP contribution in [0.1, 0.15) is 11.4 Å². The van der Waals surface area contributed by atoms with Crippen LogP contribution in [0.4, 0.5) is 0 Å². The average Bonchev–Trinajstić information content (AvgIpc) is 2.55. The predicted octanol–water partition coefficient (Wildman–Crippen LogP) is 3.96. The van der Waals surface area contributed by atoms with Gasteiger partial charge < -0.3 is 4.74 Å². The summed E-state index contributed by atoms with van der Waals surface area (Å²) in [6.45, 7) is 1.76. The van der Waals surface area contributed by atoms with Gasteiger partial charge in [-0.15, -0.1) is 0 Å². The molecule has 1 heterocycles. The first-order chi connectivity index (χ1) is 11.5. The predicted molar refractivity (Wildman–Crippen MR) is 107 cm³/mol. The van der Waals surface area contributed by atoms with Crippen LogP contribution in [0.2, 0.25) is 0 Å². The molecule has 1 aromatic heterocycles. The monoisotopic (exact) mass is 497 g/mol. The molecule has 2 aromatic carbocycles. The van der Waals surface area contributed by atoms with Crippen LogP contribution >= 0.6 is 38.5 Å². The van der Waals surface area contributed by atoms with Crippen molar-refractivity contribution < 1.29 is 4.74 Å². The second-order valence-corrected chi connectivity index (χ2v) is 7.15. The molecule has 0 N–H and O–H groups in total. The average molecular weight is 498 g/mol. The van der Waals surface area contributed by atoms with Gasteiger partial charge in [0.05, 0.1) is 27.8 Å². The van der Waals surface area contributed by atoms with Gasteiger partial charge in [0.15, 0.2) is 0 Å². The highest BCUT2D eigenvalue weighted by molar-refractivity contribution is 14.1. The molecule has 0 fully saturated rings. The Morgan fingerprint density at radius 3 is 2.79 bits per heavy atom. The van der Waals surface area contributed by atoms with Gasteiger partial charge in [0.2, 0.25) is 0 Å². The van der Waals surface area contributed by atoms with E-state index in [9.17, 15) is 4.79 Å². The summed E-state index contributed by atoms with van der Waals surface area (Å²) < 4.78 is 8.36. The summed E-state index contributed by atoms with van der Waals surface area (Å²) in [6, 6.07) is 11.1. The third-order valence-corrected chi connectivity index (χ3v) is 4.80. The summed E-state index contributed by atoms with van der Waals surface area (Å²) in [6.07, 6.45) is 1.64. The first kappa shape index (κ1) is 17.1. The Hall–Kier alpha value is -1.74. The molecule has 0 aliphatic carbocycles. The minimum Gasteiger partial charge on any atom is -0.496 e. The molecule has 0 unspecified atom stereocenters. The number of benzene rings is 2. The van der Waals surface area contributed by atoms with Crippen molar-refractivity contribution in [1.29, 1.82) is 0 Å². The van der Waals surface area contributed by atoms with Gasteiger partial charge in [-0.25, -0.2) is 4.98 Å². The normalized spacial score (nSPS) is 11.3. The molecule has 0 spiro atoms. The molecule has 0 atom stereocenters. The highest BCUT2D eigenvalue weighted by atomic mass is 127. The van der Waals surface area contributed by atoms with E-state index < -0.39 is 0 Å². The lowest BCUT2D eigenvalue weighted by Crippen LogP contribution is -2.20. The smallest absolute Gasteiger partial charge is 0.282 e. The summed E-state index contributed by atoms with van der Waals surface area (Å²) in [5.74, 6) is 1.34. The number of methoxy groups -OCH3 is 1. The van der Waals surface area contributed by atoms with E-state index in [1.807, 2.05) is 30.3 Å². The Morgan fingerprint density at radius 1 is 1.29 bits per heavy atom. The van der Waals surface area contributed by atoms with Gasteiger partial charge in [0.1, 0.15) is 11.6 Å². The van der Waals surface area contributed by atoms with Crippen molar-refractivity contribution in [2.45, 2.75) is 6.92 Å². The lowest BCUT2D eigenvalue weighted by Gasteiger charge is -2.06. The van der Waals surface area contributed by atoms with Crippen LogP contribution in [0, 0.1) is 10.5 Å². The summed E-state index contributed by atoms with van der Waals surface area (Å²) in [7, 11) is 1.63. The zero-order valence-electron chi connectivity index (χ0n) is 13.0. The lowest BCUT2D eigenvalue weighted by molar-refractivity contribution is 0.412. The minimum absolute atomic E-state index is 0.196. The molecular weight excluding hydrogens is 485 g/mol. The molecule has 7 heteroatoms. The van der Waals surface area contributed by atoms with Gasteiger partial charge in [-0.2, -0.15) is 9.78 Å². The Kier molecular flexibility index (Phi) is 5.00. The highest BCUT2D eigenvalue weighted by Gasteiger charge is 2.08. The molecule has 122 valence electrons. The third-order valence-electron chi connectivity index (χ3n) is 3.47. The van der Waals surface area contributed by atoms with Crippen molar-refractivity contribution in [3.63, 3.8) is 0 Å². The molecule has 0 aliphatic heterocycles. The van der Waals surface area contributed by atoms with Crippen LogP contribution < -0.4 is 10.3 Å². The molecule has 0 amide bonds. The Labute approximate surface area is 160 Å². The number of hydrogen-bond donors (Lipinski definition) is 0. The van der Waals surface area contributed by atoms with Crippen molar-refractivity contribution in [1.82, 2.24) is 9.66 Å². The fourth-order valence-corrected chi connectivity index (χ4v) is 3.40. The van der Waals surface area contributed by atoms with Crippen molar-refractivity contribution in [3.8, 4) is 5.75 Å². The van der Waals surface area contributed by atoms with Gasteiger partial charge >= 0.3 is 0 Å². The fraction of sp³-hybridized carbons (Fsp3) is 0.118. The fourth-order valence-electron chi connectivity index (χ4n) is 2.28. The third kappa shape index (κ3) is 3.36. The first-order valence-corrected chi connectivity index (χ1v) is 8.93. The number of ether oxygens (including phenoxy) is 1. The zero-order valence-corrected chi connectivity index (χ0v) is 16.7. The van der Waals surface area contributed by atoms with Crippen molar-refractivity contribution in [2.24, 2.45) is 5.10 Å². The van der Waals surface area contributed by atoms with Crippen LogP contribution in [0.5, 0.6) is 5.75 Å². The second-order valence-electron chi connectivity index (χ2n) is 5.08. The SMILES string of the molecule is COc1ccc(C=Nn2c(C)nc3ccc(Br)cc3c2=O)cc1I. The minimum atomic E-state index is -0.196. The van der Waals surface area contributed by atoms with Gasteiger partial charge in [0, 0.05) is 4.47 Å². The molecule has 24 heavy (non-hydrogen) atoms. The van der Waals surface area contributed by atoms with E-state index in [0.29, 0.717) is 16.7 Å². The van der Waals surface area contributed by atoms with Crippen molar-refractivity contribution >= 4 is 55.6 Å².